The van der Waals surface area contributed by atoms with Crippen LogP contribution in [0, 0.1) is 18.3 Å². The van der Waals surface area contributed by atoms with Crippen molar-refractivity contribution < 1.29 is 39.5 Å². The Bertz CT molecular complexity index is 1670. The molecule has 1 atom stereocenters. The first kappa shape index (κ1) is 35.1. The van der Waals surface area contributed by atoms with Gasteiger partial charge in [0, 0.05) is 25.3 Å². The van der Waals surface area contributed by atoms with Crippen LogP contribution in [0.1, 0.15) is 63.4 Å². The summed E-state index contributed by atoms with van der Waals surface area (Å²) in [7, 11) is 1.25. The average Bonchev–Trinajstić information content (AvgIpc) is 3.15. The monoisotopic (exact) mass is 669 g/mol. The molecule has 0 saturated heterocycles. The van der Waals surface area contributed by atoms with E-state index in [-0.39, 0.29) is 42.4 Å². The van der Waals surface area contributed by atoms with Crippen molar-refractivity contribution in [3.05, 3.63) is 99.1 Å². The Morgan fingerprint density at radius 3 is 2.17 bits per heavy atom. The first-order chi connectivity index (χ1) is 21.9. The summed E-state index contributed by atoms with van der Waals surface area (Å²) in [6.45, 7) is 0.851. The molecule has 3 aromatic carbocycles. The van der Waals surface area contributed by atoms with E-state index in [9.17, 15) is 44.8 Å². The van der Waals surface area contributed by atoms with Gasteiger partial charge in [-0.25, -0.2) is 0 Å². The van der Waals surface area contributed by atoms with Crippen LogP contribution < -0.4 is 10.6 Å². The molecule has 0 fully saturated rings. The summed E-state index contributed by atoms with van der Waals surface area (Å²) in [5.41, 5.74) is 2.85. The highest BCUT2D eigenvalue weighted by Gasteiger charge is 2.39. The summed E-state index contributed by atoms with van der Waals surface area (Å²) in [6, 6.07) is 11.0. The molecular weight excluding hydrogens is 641 g/mol. The number of nitriles is 1. The van der Waals surface area contributed by atoms with Crippen molar-refractivity contribution in [1.82, 2.24) is 4.90 Å². The first-order valence-corrected chi connectivity index (χ1v) is 14.1. The van der Waals surface area contributed by atoms with E-state index in [1.165, 1.54) is 24.9 Å². The van der Waals surface area contributed by atoms with E-state index in [0.717, 1.165) is 6.07 Å². The highest BCUT2D eigenvalue weighted by atomic mass is 19.4. The maximum Gasteiger partial charge on any atom is 0.416 e. The van der Waals surface area contributed by atoms with Gasteiger partial charge in [0.1, 0.15) is 0 Å². The molecule has 0 radical (unpaired) electrons. The van der Waals surface area contributed by atoms with E-state index < -0.39 is 59.3 Å². The van der Waals surface area contributed by atoms with E-state index in [0.29, 0.717) is 29.7 Å². The number of fused-ring (bicyclic) bond motifs is 1. The molecule has 250 valence electrons. The van der Waals surface area contributed by atoms with Gasteiger partial charge in [0.05, 0.1) is 41.4 Å². The number of hydrogen-bond donors (Lipinski definition) is 1. The SMILES string of the molecule is CN=NN=C(N)N(Cc1cc(C(F)(F)F)cc(C(F)(F)F)c1)C1CCCN(Cc2ccccc2C#N)c2cc(C(F)(F)F)c(C)cc21. The maximum absolute atomic E-state index is 14.2. The van der Waals surface area contributed by atoms with Gasteiger partial charge in [-0.3, -0.25) is 0 Å². The van der Waals surface area contributed by atoms with Gasteiger partial charge in [-0.15, -0.1) is 0 Å². The van der Waals surface area contributed by atoms with Crippen molar-refractivity contribution in [2.24, 2.45) is 21.2 Å². The molecule has 0 spiro atoms. The minimum atomic E-state index is -5.11. The molecule has 0 bridgehead atoms. The zero-order valence-corrected chi connectivity index (χ0v) is 25.0. The third-order valence-electron chi connectivity index (χ3n) is 7.69. The number of nitrogens with two attached hydrogens (primary N) is 1. The fourth-order valence-electron chi connectivity index (χ4n) is 5.58. The second kappa shape index (κ2) is 13.5. The van der Waals surface area contributed by atoms with Gasteiger partial charge in [0.25, 0.3) is 0 Å². The molecule has 47 heavy (non-hydrogen) atoms. The molecule has 0 amide bonds. The standard InChI is InChI=1S/C31H28F9N7/c1-18-10-24-26(8-5-9-46(27(24)14-25(18)31(38,39)40)17-21-7-4-3-6-20(21)15-41)47(28(42)44-45-43-2)16-19-11-22(29(32,33)34)13-23(12-19)30(35,36)37/h3-4,6-7,10-14,26H,5,8-9,16-17H2,1-2H3,(H2,42,43,44). The lowest BCUT2D eigenvalue weighted by Crippen LogP contribution is -2.40. The number of benzene rings is 3. The van der Waals surface area contributed by atoms with Crippen molar-refractivity contribution in [3.8, 4) is 6.07 Å². The Labute approximate surface area is 263 Å². The number of anilines is 1. The minimum Gasteiger partial charge on any atom is -0.368 e. The highest BCUT2D eigenvalue weighted by Crippen LogP contribution is 2.44. The fraction of sp³-hybridized carbons (Fsp3) is 0.355. The lowest BCUT2D eigenvalue weighted by molar-refractivity contribution is -0.143. The van der Waals surface area contributed by atoms with Crippen LogP contribution in [0.4, 0.5) is 45.2 Å². The molecule has 4 rings (SSSR count). The van der Waals surface area contributed by atoms with Crippen LogP contribution in [0.5, 0.6) is 0 Å². The molecule has 16 heteroatoms. The van der Waals surface area contributed by atoms with Gasteiger partial charge < -0.3 is 15.5 Å². The van der Waals surface area contributed by atoms with Crippen LogP contribution in [0.15, 0.2) is 70.0 Å². The zero-order chi connectivity index (χ0) is 34.7. The van der Waals surface area contributed by atoms with E-state index in [1.54, 1.807) is 29.2 Å². The zero-order valence-electron chi connectivity index (χ0n) is 25.0. The number of aryl methyl sites for hydroxylation is 1. The van der Waals surface area contributed by atoms with Crippen molar-refractivity contribution in [3.63, 3.8) is 0 Å². The lowest BCUT2D eigenvalue weighted by atomic mass is 9.94. The smallest absolute Gasteiger partial charge is 0.368 e. The first-order valence-electron chi connectivity index (χ1n) is 14.1. The van der Waals surface area contributed by atoms with Crippen LogP contribution in [0.25, 0.3) is 0 Å². The molecule has 0 saturated carbocycles. The Morgan fingerprint density at radius 1 is 0.957 bits per heavy atom. The Balaban J connectivity index is 1.92. The molecule has 1 heterocycles. The van der Waals surface area contributed by atoms with Crippen LogP contribution in [0.2, 0.25) is 0 Å². The number of rotatable bonds is 6. The number of hydrogen-bond acceptors (Lipinski definition) is 4. The van der Waals surface area contributed by atoms with E-state index in [4.69, 9.17) is 5.73 Å². The number of nitrogens with zero attached hydrogens (tertiary/aromatic N) is 6. The number of halogens is 9. The Hall–Kier alpha value is -4.81. The van der Waals surface area contributed by atoms with Gasteiger partial charge in [-0.05, 0) is 77.6 Å². The van der Waals surface area contributed by atoms with Crippen molar-refractivity contribution in [2.75, 3.05) is 18.5 Å². The van der Waals surface area contributed by atoms with E-state index >= 15 is 0 Å². The van der Waals surface area contributed by atoms with Crippen LogP contribution in [-0.4, -0.2) is 24.5 Å². The van der Waals surface area contributed by atoms with Gasteiger partial charge in [0.2, 0.25) is 5.96 Å². The summed E-state index contributed by atoms with van der Waals surface area (Å²) in [4.78, 5) is 2.87. The fourth-order valence-corrected chi connectivity index (χ4v) is 5.58. The topological polar surface area (TPSA) is 93.4 Å². The van der Waals surface area contributed by atoms with Crippen molar-refractivity contribution in [2.45, 2.75) is 57.4 Å². The molecule has 1 aliphatic heterocycles. The largest absolute Gasteiger partial charge is 0.416 e. The number of alkyl halides is 9. The highest BCUT2D eigenvalue weighted by molar-refractivity contribution is 5.79. The Morgan fingerprint density at radius 2 is 1.60 bits per heavy atom. The summed E-state index contributed by atoms with van der Waals surface area (Å²) in [5, 5.41) is 20.3. The van der Waals surface area contributed by atoms with Crippen LogP contribution in [-0.2, 0) is 31.6 Å². The second-order valence-electron chi connectivity index (χ2n) is 10.9. The summed E-state index contributed by atoms with van der Waals surface area (Å²) in [6.07, 6.45) is -14.5. The predicted octanol–water partition coefficient (Wildman–Crippen LogP) is 8.58. The van der Waals surface area contributed by atoms with Gasteiger partial charge >= 0.3 is 18.5 Å². The van der Waals surface area contributed by atoms with Crippen LogP contribution in [0.3, 0.4) is 0 Å². The molecule has 1 aliphatic rings. The molecule has 7 nitrogen and oxygen atoms in total. The summed E-state index contributed by atoms with van der Waals surface area (Å²) < 4.78 is 125. The lowest BCUT2D eigenvalue weighted by Gasteiger charge is -2.34. The summed E-state index contributed by atoms with van der Waals surface area (Å²) >= 11 is 0. The molecular formula is C31H28F9N7. The third-order valence-corrected chi connectivity index (χ3v) is 7.69. The normalized spacial score (nSPS) is 16.2. The van der Waals surface area contributed by atoms with Gasteiger partial charge in [-0.1, -0.05) is 29.4 Å². The predicted molar refractivity (Wildman–Crippen MR) is 155 cm³/mol. The second-order valence-corrected chi connectivity index (χ2v) is 10.9. The molecule has 0 aliphatic carbocycles. The quantitative estimate of drug-likeness (QED) is 0.0936. The maximum atomic E-state index is 14.2. The molecule has 0 aromatic heterocycles. The Kier molecular flexibility index (Phi) is 10.1. The molecule has 2 N–H and O–H groups in total. The molecule has 1 unspecified atom stereocenters. The minimum absolute atomic E-state index is 0.00346. The van der Waals surface area contributed by atoms with Crippen molar-refractivity contribution >= 4 is 11.6 Å². The van der Waals surface area contributed by atoms with Crippen LogP contribution >= 0.6 is 0 Å². The number of guanidine groups is 1. The van der Waals surface area contributed by atoms with Gasteiger partial charge in [0.15, 0.2) is 0 Å². The van der Waals surface area contributed by atoms with E-state index in [1.807, 2.05) is 0 Å². The van der Waals surface area contributed by atoms with Crippen molar-refractivity contribution in [1.29, 1.82) is 5.26 Å². The molecule has 3 aromatic rings. The van der Waals surface area contributed by atoms with E-state index in [2.05, 4.69) is 21.5 Å². The summed E-state index contributed by atoms with van der Waals surface area (Å²) in [5.74, 6) is -0.432. The third kappa shape index (κ3) is 8.13. The average molecular weight is 670 g/mol. The van der Waals surface area contributed by atoms with Gasteiger partial charge in [-0.2, -0.15) is 49.9 Å².